The van der Waals surface area contributed by atoms with Crippen molar-refractivity contribution in [2.24, 2.45) is 5.92 Å². The van der Waals surface area contributed by atoms with Gasteiger partial charge >= 0.3 is 12.1 Å². The Bertz CT molecular complexity index is 960. The van der Waals surface area contributed by atoms with Crippen molar-refractivity contribution in [2.75, 3.05) is 6.61 Å². The molecule has 0 spiro atoms. The lowest BCUT2D eigenvalue weighted by Gasteiger charge is -2.22. The lowest BCUT2D eigenvalue weighted by atomic mass is 9.98. The van der Waals surface area contributed by atoms with E-state index in [-0.39, 0.29) is 24.9 Å². The molecule has 7 nitrogen and oxygen atoms in total. The topological polar surface area (TPSA) is 105 Å². The van der Waals surface area contributed by atoms with Crippen molar-refractivity contribution in [3.05, 3.63) is 59.7 Å². The van der Waals surface area contributed by atoms with Crippen molar-refractivity contribution in [3.8, 4) is 11.1 Å². The van der Waals surface area contributed by atoms with E-state index in [2.05, 4.69) is 34.9 Å². The van der Waals surface area contributed by atoms with Crippen molar-refractivity contribution in [1.29, 1.82) is 0 Å². The average Bonchev–Trinajstić information content (AvgIpc) is 3.13. The molecule has 0 aromatic heterocycles. The lowest BCUT2D eigenvalue weighted by Crippen LogP contribution is -2.47. The van der Waals surface area contributed by atoms with E-state index < -0.39 is 30.1 Å². The molecule has 2 aromatic carbocycles. The number of nitrogens with one attached hydrogen (secondary N) is 2. The van der Waals surface area contributed by atoms with Crippen molar-refractivity contribution < 1.29 is 24.2 Å². The number of ether oxygens (including phenoxy) is 1. The first-order chi connectivity index (χ1) is 15.8. The molecular weight excluding hydrogens is 420 g/mol. The first-order valence-electron chi connectivity index (χ1n) is 11.5. The summed E-state index contributed by atoms with van der Waals surface area (Å²) in [5.41, 5.74) is 4.56. The number of carbonyl (C=O) groups excluding carboxylic acids is 2. The molecule has 0 heterocycles. The molecule has 3 unspecified atom stereocenters. The number of carbonyl (C=O) groups is 3. The maximum Gasteiger partial charge on any atom is 0.407 e. The highest BCUT2D eigenvalue weighted by atomic mass is 16.5. The minimum Gasteiger partial charge on any atom is -0.480 e. The van der Waals surface area contributed by atoms with Crippen LogP contribution < -0.4 is 10.6 Å². The number of rotatable bonds is 10. The molecular formula is C26H32N2O5. The summed E-state index contributed by atoms with van der Waals surface area (Å²) in [6, 6.07) is 14.8. The van der Waals surface area contributed by atoms with Gasteiger partial charge in [-0.05, 0) is 34.6 Å². The molecule has 2 aromatic rings. The Labute approximate surface area is 194 Å². The van der Waals surface area contributed by atoms with Crippen LogP contribution in [0, 0.1) is 5.92 Å². The number of carboxylic acids is 1. The summed E-state index contributed by atoms with van der Waals surface area (Å²) in [5.74, 6) is -1.70. The average molecular weight is 453 g/mol. The van der Waals surface area contributed by atoms with Crippen LogP contribution in [0.5, 0.6) is 0 Å². The monoisotopic (exact) mass is 452 g/mol. The Balaban J connectivity index is 1.57. The molecule has 3 rings (SSSR count). The molecule has 0 radical (unpaired) electrons. The van der Waals surface area contributed by atoms with E-state index in [0.29, 0.717) is 12.8 Å². The number of benzene rings is 2. The van der Waals surface area contributed by atoms with Gasteiger partial charge in [0.25, 0.3) is 0 Å². The molecule has 176 valence electrons. The Morgan fingerprint density at radius 2 is 1.52 bits per heavy atom. The zero-order chi connectivity index (χ0) is 24.0. The molecule has 0 saturated carbocycles. The highest BCUT2D eigenvalue weighted by Crippen LogP contribution is 2.44. The van der Waals surface area contributed by atoms with E-state index >= 15 is 0 Å². The minimum atomic E-state index is -1.06. The van der Waals surface area contributed by atoms with E-state index in [9.17, 15) is 19.5 Å². The number of carboxylic acid groups (broad SMARTS) is 1. The summed E-state index contributed by atoms with van der Waals surface area (Å²) in [7, 11) is 0. The summed E-state index contributed by atoms with van der Waals surface area (Å²) in [5, 5.41) is 14.7. The predicted octanol–water partition coefficient (Wildman–Crippen LogP) is 4.31. The zero-order valence-corrected chi connectivity index (χ0v) is 19.3. The molecule has 33 heavy (non-hydrogen) atoms. The summed E-state index contributed by atoms with van der Waals surface area (Å²) < 4.78 is 5.55. The van der Waals surface area contributed by atoms with Gasteiger partial charge in [-0.25, -0.2) is 9.59 Å². The lowest BCUT2D eigenvalue weighted by molar-refractivity contribution is -0.143. The molecule has 1 aliphatic carbocycles. The van der Waals surface area contributed by atoms with Crippen molar-refractivity contribution in [1.82, 2.24) is 10.6 Å². The van der Waals surface area contributed by atoms with E-state index in [1.54, 1.807) is 6.92 Å². The van der Waals surface area contributed by atoms with Crippen LogP contribution in [0.3, 0.4) is 0 Å². The SMILES string of the molecule is CCC(CC(=O)NC(C(=O)O)C(C)CC)NC(=O)OCC1c2ccccc2-c2ccccc21. The van der Waals surface area contributed by atoms with Crippen molar-refractivity contribution in [2.45, 2.75) is 58.0 Å². The van der Waals surface area contributed by atoms with Crippen molar-refractivity contribution in [3.63, 3.8) is 0 Å². The fraction of sp³-hybridized carbons (Fsp3) is 0.423. The van der Waals surface area contributed by atoms with Gasteiger partial charge in [0, 0.05) is 18.4 Å². The normalized spacial score (nSPS) is 15.0. The number of aliphatic carboxylic acids is 1. The molecule has 2 amide bonds. The number of fused-ring (bicyclic) bond motifs is 3. The highest BCUT2D eigenvalue weighted by Gasteiger charge is 2.30. The van der Waals surface area contributed by atoms with Gasteiger partial charge in [0.05, 0.1) is 0 Å². The first kappa shape index (κ1) is 24.3. The Hall–Kier alpha value is -3.35. The van der Waals surface area contributed by atoms with Gasteiger partial charge in [-0.1, -0.05) is 75.7 Å². The second-order valence-corrected chi connectivity index (χ2v) is 8.55. The molecule has 3 N–H and O–H groups in total. The number of hydrogen-bond donors (Lipinski definition) is 3. The van der Waals surface area contributed by atoms with Crippen LogP contribution in [0.1, 0.15) is 57.1 Å². The zero-order valence-electron chi connectivity index (χ0n) is 19.3. The van der Waals surface area contributed by atoms with Gasteiger partial charge in [-0.3, -0.25) is 4.79 Å². The van der Waals surface area contributed by atoms with Crippen LogP contribution in [-0.2, 0) is 14.3 Å². The Kier molecular flexibility index (Phi) is 8.09. The summed E-state index contributed by atoms with van der Waals surface area (Å²) in [6.45, 7) is 5.70. The van der Waals surface area contributed by atoms with E-state index in [1.807, 2.05) is 38.1 Å². The second-order valence-electron chi connectivity index (χ2n) is 8.55. The van der Waals surface area contributed by atoms with Gasteiger partial charge in [-0.15, -0.1) is 0 Å². The fourth-order valence-electron chi connectivity index (χ4n) is 4.24. The predicted molar refractivity (Wildman–Crippen MR) is 126 cm³/mol. The summed E-state index contributed by atoms with van der Waals surface area (Å²) >= 11 is 0. The maximum absolute atomic E-state index is 12.5. The van der Waals surface area contributed by atoms with E-state index in [1.165, 1.54) is 0 Å². The Morgan fingerprint density at radius 3 is 2.03 bits per heavy atom. The van der Waals surface area contributed by atoms with E-state index in [0.717, 1.165) is 22.3 Å². The first-order valence-corrected chi connectivity index (χ1v) is 11.5. The second kappa shape index (κ2) is 11.0. The standard InChI is InChI=1S/C26H32N2O5/c1-4-16(3)24(25(30)31)28-23(29)14-17(5-2)27-26(32)33-15-22-20-12-8-6-10-18(20)19-11-7-9-13-21(19)22/h6-13,16-17,22,24H,4-5,14-15H2,1-3H3,(H,27,32)(H,28,29)(H,30,31). The van der Waals surface area contributed by atoms with Crippen LogP contribution in [0.15, 0.2) is 48.5 Å². The third-order valence-electron chi connectivity index (χ3n) is 6.39. The van der Waals surface area contributed by atoms with Gasteiger partial charge in [0.15, 0.2) is 0 Å². The largest absolute Gasteiger partial charge is 0.480 e. The smallest absolute Gasteiger partial charge is 0.407 e. The quantitative estimate of drug-likeness (QED) is 0.498. The van der Waals surface area contributed by atoms with Gasteiger partial charge in [-0.2, -0.15) is 0 Å². The van der Waals surface area contributed by atoms with Gasteiger partial charge in [0.2, 0.25) is 5.91 Å². The molecule has 0 bridgehead atoms. The summed E-state index contributed by atoms with van der Waals surface area (Å²) in [6.07, 6.45) is 0.541. The Morgan fingerprint density at radius 1 is 0.939 bits per heavy atom. The fourth-order valence-corrected chi connectivity index (χ4v) is 4.24. The van der Waals surface area contributed by atoms with Crippen LogP contribution in [-0.4, -0.2) is 41.8 Å². The highest BCUT2D eigenvalue weighted by molar-refractivity contribution is 5.84. The maximum atomic E-state index is 12.5. The molecule has 0 saturated heterocycles. The third kappa shape index (κ3) is 5.72. The van der Waals surface area contributed by atoms with Gasteiger partial charge < -0.3 is 20.5 Å². The number of hydrogen-bond acceptors (Lipinski definition) is 4. The molecule has 7 heteroatoms. The van der Waals surface area contributed by atoms with Crippen LogP contribution in [0.4, 0.5) is 4.79 Å². The molecule has 1 aliphatic rings. The van der Waals surface area contributed by atoms with Crippen LogP contribution >= 0.6 is 0 Å². The molecule has 0 aliphatic heterocycles. The van der Waals surface area contributed by atoms with E-state index in [4.69, 9.17) is 4.74 Å². The number of alkyl carbamates (subject to hydrolysis) is 1. The third-order valence-corrected chi connectivity index (χ3v) is 6.39. The number of amides is 2. The van der Waals surface area contributed by atoms with Gasteiger partial charge in [0.1, 0.15) is 12.6 Å². The summed E-state index contributed by atoms with van der Waals surface area (Å²) in [4.78, 5) is 36.4. The molecule has 0 fully saturated rings. The van der Waals surface area contributed by atoms with Crippen LogP contribution in [0.2, 0.25) is 0 Å². The molecule has 3 atom stereocenters. The van der Waals surface area contributed by atoms with Crippen molar-refractivity contribution >= 4 is 18.0 Å². The minimum absolute atomic E-state index is 0.0130. The van der Waals surface area contributed by atoms with Crippen LogP contribution in [0.25, 0.3) is 11.1 Å².